The number of hydrogen-bond donors (Lipinski definition) is 4. The molecule has 3 saturated heterocycles. The molecule has 74 heavy (non-hydrogen) atoms. The second-order valence-electron chi connectivity index (χ2n) is 22.7. The number of nitro benzene ring substituents is 1. The molecule has 4 aliphatic heterocycles. The molecule has 6 aliphatic rings. The van der Waals surface area contributed by atoms with Gasteiger partial charge in [0.05, 0.1) is 63.0 Å². The maximum Gasteiger partial charge on any atom is 0.293 e. The number of carbonyl (C=O) groups is 1. The van der Waals surface area contributed by atoms with Crippen LogP contribution < -0.4 is 24.6 Å². The van der Waals surface area contributed by atoms with Crippen LogP contribution in [0.3, 0.4) is 0 Å². The molecule has 11 rings (SSSR count). The predicted octanol–water partition coefficient (Wildman–Crippen LogP) is 9.07. The summed E-state index contributed by atoms with van der Waals surface area (Å²) in [4.78, 5) is 40.7. The van der Waals surface area contributed by atoms with Gasteiger partial charge < -0.3 is 39.4 Å². The van der Waals surface area contributed by atoms with Gasteiger partial charge in [0.15, 0.2) is 0 Å². The second kappa shape index (κ2) is 19.4. The van der Waals surface area contributed by atoms with E-state index in [-0.39, 0.29) is 52.1 Å². The number of amides is 1. The summed E-state index contributed by atoms with van der Waals surface area (Å²) in [6.45, 7) is 12.5. The molecule has 1 spiro atoms. The Morgan fingerprint density at radius 1 is 0.973 bits per heavy atom. The Bertz CT molecular complexity index is 3070. The quantitative estimate of drug-likeness (QED) is 0.0720. The molecule has 4 N–H and O–H groups in total. The van der Waals surface area contributed by atoms with Crippen LogP contribution in [0, 0.1) is 34.2 Å². The largest absolute Gasteiger partial charge is 0.468 e. The standard InChI is InChI=1S/C55H67FN8O9S/c1-34-8-5-6-9-39(34)48-32-71-23-7-20-62(48)37-27-55(28-37)18-21-61(22-19-55)36-10-12-40(44(24-36)63-46-26-41-42(56)31-58-50(41)59-52(46)73-49-33-72-53(2,3)29-47(49)63)51(65)60-74(69,70)38-11-13-43(45(25-38)64(67)68)57-30-35-14-16-54(4,66)17-15-35/h5-6,8-13,24-26,31,35,37,47-49,57,66H,7,14-23,27-30,32-33H2,1-4H3,(H,58,59)(H,60,65)/t35?,47-,48-,49-,54?/m0/s1. The number of aliphatic hydroxyl groups is 1. The third kappa shape index (κ3) is 9.81. The molecule has 0 radical (unpaired) electrons. The van der Waals surface area contributed by atoms with Crippen molar-refractivity contribution in [2.45, 2.75) is 132 Å². The van der Waals surface area contributed by atoms with Gasteiger partial charge in [-0.25, -0.2) is 17.5 Å². The fourth-order valence-corrected chi connectivity index (χ4v) is 13.7. The van der Waals surface area contributed by atoms with Gasteiger partial charge in [0.2, 0.25) is 5.88 Å². The maximum atomic E-state index is 15.4. The topological polar surface area (TPSA) is 205 Å². The van der Waals surface area contributed by atoms with E-state index in [1.165, 1.54) is 29.5 Å². The average Bonchev–Trinajstić information content (AvgIpc) is 3.54. The summed E-state index contributed by atoms with van der Waals surface area (Å²) in [6, 6.07) is 19.4. The van der Waals surface area contributed by atoms with E-state index in [2.05, 4.69) is 56.0 Å². The van der Waals surface area contributed by atoms with Crippen molar-refractivity contribution in [1.82, 2.24) is 19.6 Å². The molecule has 5 fully saturated rings. The van der Waals surface area contributed by atoms with Crippen LogP contribution in [0.4, 0.5) is 32.8 Å². The van der Waals surface area contributed by atoms with E-state index in [1.807, 2.05) is 30.9 Å². The maximum absolute atomic E-state index is 15.4. The van der Waals surface area contributed by atoms with Crippen molar-refractivity contribution >= 4 is 55.4 Å². The van der Waals surface area contributed by atoms with Gasteiger partial charge in [-0.15, -0.1) is 0 Å². The molecule has 2 aromatic heterocycles. The van der Waals surface area contributed by atoms with Crippen LogP contribution in [0.5, 0.6) is 5.88 Å². The Morgan fingerprint density at radius 3 is 2.50 bits per heavy atom. The van der Waals surface area contributed by atoms with Crippen LogP contribution in [-0.4, -0.2) is 115 Å². The Hall–Kier alpha value is -5.86. The van der Waals surface area contributed by atoms with Gasteiger partial charge in [0.25, 0.3) is 21.6 Å². The van der Waals surface area contributed by atoms with E-state index in [9.17, 15) is 28.4 Å². The molecular weight excluding hydrogens is 968 g/mol. The molecule has 19 heteroatoms. The van der Waals surface area contributed by atoms with Crippen molar-refractivity contribution in [3.05, 3.63) is 106 Å². The van der Waals surface area contributed by atoms with Crippen molar-refractivity contribution in [3.8, 4) is 5.88 Å². The molecule has 17 nitrogen and oxygen atoms in total. The lowest BCUT2D eigenvalue weighted by molar-refractivity contribution is -0.384. The number of H-pyrrole nitrogens is 1. The number of pyridine rings is 1. The number of carbonyl (C=O) groups excluding carboxylic acids is 1. The molecule has 2 aliphatic carbocycles. The third-order valence-electron chi connectivity index (χ3n) is 17.1. The average molecular weight is 1040 g/mol. The van der Waals surface area contributed by atoms with Crippen LogP contribution in [0.2, 0.25) is 0 Å². The number of rotatable bonds is 11. The van der Waals surface area contributed by atoms with E-state index in [1.54, 1.807) is 19.1 Å². The van der Waals surface area contributed by atoms with Crippen molar-refractivity contribution < 1.29 is 41.8 Å². The Morgan fingerprint density at radius 2 is 1.74 bits per heavy atom. The highest BCUT2D eigenvalue weighted by molar-refractivity contribution is 7.90. The van der Waals surface area contributed by atoms with Crippen molar-refractivity contribution in [2.75, 3.05) is 61.1 Å². The van der Waals surface area contributed by atoms with Gasteiger partial charge in [0.1, 0.15) is 28.9 Å². The number of aryl methyl sites for hydroxylation is 1. The fraction of sp³-hybridized carbons (Fsp3) is 0.527. The third-order valence-corrected chi connectivity index (χ3v) is 18.4. The molecule has 3 aromatic carbocycles. The lowest BCUT2D eigenvalue weighted by atomic mass is 9.59. The monoisotopic (exact) mass is 1030 g/mol. The number of sulfonamides is 1. The number of aromatic amines is 1. The number of nitrogens with one attached hydrogen (secondary N) is 3. The summed E-state index contributed by atoms with van der Waals surface area (Å²) in [5, 5.41) is 26.2. The minimum absolute atomic E-state index is 0.0158. The van der Waals surface area contributed by atoms with Gasteiger partial charge in [-0.2, -0.15) is 4.98 Å². The fourth-order valence-electron chi connectivity index (χ4n) is 12.7. The van der Waals surface area contributed by atoms with Crippen molar-refractivity contribution in [1.29, 1.82) is 0 Å². The van der Waals surface area contributed by atoms with Gasteiger partial charge in [-0.1, -0.05) is 24.3 Å². The molecule has 2 saturated carbocycles. The van der Waals surface area contributed by atoms with Crippen LogP contribution >= 0.6 is 0 Å². The summed E-state index contributed by atoms with van der Waals surface area (Å²) in [5.41, 5.74) is 3.06. The Kier molecular flexibility index (Phi) is 13.2. The zero-order valence-corrected chi connectivity index (χ0v) is 43.4. The molecule has 6 heterocycles. The number of aromatic nitrogens is 2. The SMILES string of the molecule is Cc1ccccc1[C@@H]1COCCCN1C1CC2(CCN(c3ccc(C(=O)NS(=O)(=O)c4ccc(NCC5CCC(C)(O)CC5)c([N+](=O)[O-])c4)c(N4c5cc6c(F)c[nH]c6nc5O[C@H]5COC(C)(C)C[C@@H]54)c3)CC2)C1. The highest BCUT2D eigenvalue weighted by atomic mass is 32.2. The highest BCUT2D eigenvalue weighted by Gasteiger charge is 2.50. The zero-order valence-electron chi connectivity index (χ0n) is 42.6. The molecule has 1 amide bonds. The number of ether oxygens (including phenoxy) is 3. The molecule has 5 aromatic rings. The van der Waals surface area contributed by atoms with E-state index < -0.39 is 60.6 Å². The van der Waals surface area contributed by atoms with E-state index in [0.29, 0.717) is 49.8 Å². The number of piperidine rings is 1. The zero-order chi connectivity index (χ0) is 51.7. The predicted molar refractivity (Wildman–Crippen MR) is 279 cm³/mol. The number of hydrogen-bond acceptors (Lipinski definition) is 14. The van der Waals surface area contributed by atoms with Gasteiger partial charge >= 0.3 is 0 Å². The van der Waals surface area contributed by atoms with Crippen LogP contribution in [0.25, 0.3) is 11.0 Å². The second-order valence-corrected chi connectivity index (χ2v) is 24.4. The van der Waals surface area contributed by atoms with Crippen LogP contribution in [-0.2, 0) is 19.5 Å². The Balaban J connectivity index is 0.893. The summed E-state index contributed by atoms with van der Waals surface area (Å²) in [5.74, 6) is -1.10. The molecule has 0 unspecified atom stereocenters. The summed E-state index contributed by atoms with van der Waals surface area (Å²) in [7, 11) is -4.69. The smallest absolute Gasteiger partial charge is 0.293 e. The number of halogens is 1. The number of benzene rings is 3. The highest BCUT2D eigenvalue weighted by Crippen LogP contribution is 2.54. The lowest BCUT2D eigenvalue weighted by Crippen LogP contribution is -2.57. The van der Waals surface area contributed by atoms with E-state index in [0.717, 1.165) is 82.9 Å². The Labute approximate surface area is 431 Å². The molecular formula is C55H67FN8O9S. The first-order valence-electron chi connectivity index (χ1n) is 26.2. The van der Waals surface area contributed by atoms with Crippen molar-refractivity contribution in [3.63, 3.8) is 0 Å². The summed E-state index contributed by atoms with van der Waals surface area (Å²) < 4.78 is 65.1. The number of nitro groups is 1. The lowest BCUT2D eigenvalue weighted by Gasteiger charge is -2.56. The summed E-state index contributed by atoms with van der Waals surface area (Å²) >= 11 is 0. The van der Waals surface area contributed by atoms with Gasteiger partial charge in [-0.05, 0) is 144 Å². The molecule has 0 bridgehead atoms. The van der Waals surface area contributed by atoms with Crippen LogP contribution in [0.15, 0.2) is 77.8 Å². The first-order chi connectivity index (χ1) is 35.3. The van der Waals surface area contributed by atoms with Gasteiger partial charge in [0, 0.05) is 63.2 Å². The molecule has 394 valence electrons. The minimum Gasteiger partial charge on any atom is -0.468 e. The van der Waals surface area contributed by atoms with E-state index >= 15 is 4.39 Å². The number of fused-ring (bicyclic) bond motifs is 3. The number of anilines is 4. The number of nitrogens with zero attached hydrogens (tertiary/aromatic N) is 5. The summed E-state index contributed by atoms with van der Waals surface area (Å²) in [6.07, 6.45) is 9.00. The van der Waals surface area contributed by atoms with Crippen LogP contribution in [0.1, 0.15) is 113 Å². The van der Waals surface area contributed by atoms with E-state index in [4.69, 9.17) is 19.2 Å². The first kappa shape index (κ1) is 50.3. The normalized spacial score (nSPS) is 26.1. The molecule has 3 atom stereocenters. The first-order valence-corrected chi connectivity index (χ1v) is 27.7. The van der Waals surface area contributed by atoms with Crippen molar-refractivity contribution in [2.24, 2.45) is 11.3 Å². The minimum atomic E-state index is -4.69. The van der Waals surface area contributed by atoms with Gasteiger partial charge in [-0.3, -0.25) is 19.8 Å².